The molecule has 0 atom stereocenters. The Morgan fingerprint density at radius 1 is 1.38 bits per heavy atom. The van der Waals surface area contributed by atoms with Crippen LogP contribution in [0.4, 0.5) is 0 Å². The van der Waals surface area contributed by atoms with Crippen LogP contribution in [-0.4, -0.2) is 35.1 Å². The minimum absolute atomic E-state index is 0.0537. The van der Waals surface area contributed by atoms with Gasteiger partial charge in [0.25, 0.3) is 5.91 Å². The van der Waals surface area contributed by atoms with Crippen LogP contribution in [-0.2, 0) is 0 Å². The van der Waals surface area contributed by atoms with E-state index in [4.69, 9.17) is 9.52 Å². The number of benzene rings is 1. The zero-order valence-corrected chi connectivity index (χ0v) is 12.3. The maximum absolute atomic E-state index is 12.7. The lowest BCUT2D eigenvalue weighted by Gasteiger charge is -2.37. The van der Waals surface area contributed by atoms with Gasteiger partial charge in [-0.3, -0.25) is 4.79 Å². The van der Waals surface area contributed by atoms with Crippen LogP contribution in [0.25, 0.3) is 11.0 Å². The lowest BCUT2D eigenvalue weighted by atomic mass is 9.91. The van der Waals surface area contributed by atoms with Gasteiger partial charge in [-0.1, -0.05) is 11.6 Å². The van der Waals surface area contributed by atoms with Crippen LogP contribution >= 0.6 is 0 Å². The van der Waals surface area contributed by atoms with Gasteiger partial charge >= 0.3 is 0 Å². The highest BCUT2D eigenvalue weighted by molar-refractivity contribution is 5.96. The van der Waals surface area contributed by atoms with Gasteiger partial charge in [0.1, 0.15) is 5.58 Å². The molecule has 1 saturated carbocycles. The minimum atomic E-state index is -0.0537. The first kappa shape index (κ1) is 14.1. The van der Waals surface area contributed by atoms with Crippen LogP contribution in [0.5, 0.6) is 0 Å². The van der Waals surface area contributed by atoms with Gasteiger partial charge in [-0.2, -0.15) is 0 Å². The number of carbonyl (C=O) groups is 1. The van der Waals surface area contributed by atoms with E-state index in [0.29, 0.717) is 24.8 Å². The van der Waals surface area contributed by atoms with Crippen LogP contribution in [0.3, 0.4) is 0 Å². The number of carbonyl (C=O) groups excluding carboxylic acids is 1. The van der Waals surface area contributed by atoms with Crippen LogP contribution < -0.4 is 0 Å². The highest BCUT2D eigenvalue weighted by Crippen LogP contribution is 2.28. The molecule has 0 bridgehead atoms. The minimum Gasteiger partial charge on any atom is -0.451 e. The molecule has 0 radical (unpaired) electrons. The van der Waals surface area contributed by atoms with E-state index in [1.54, 1.807) is 0 Å². The van der Waals surface area contributed by atoms with E-state index < -0.39 is 0 Å². The molecule has 4 nitrogen and oxygen atoms in total. The van der Waals surface area contributed by atoms with E-state index in [2.05, 4.69) is 0 Å². The fourth-order valence-electron chi connectivity index (χ4n) is 2.80. The summed E-state index contributed by atoms with van der Waals surface area (Å²) in [5, 5.41) is 9.99. The number of amides is 1. The third-order valence-electron chi connectivity index (χ3n) is 4.22. The Hall–Kier alpha value is -1.81. The van der Waals surface area contributed by atoms with Gasteiger partial charge in [-0.25, -0.2) is 0 Å². The second-order valence-electron chi connectivity index (χ2n) is 5.81. The number of fused-ring (bicyclic) bond motifs is 1. The lowest BCUT2D eigenvalue weighted by molar-refractivity contribution is 0.0533. The average Bonchev–Trinajstić information content (AvgIpc) is 2.83. The van der Waals surface area contributed by atoms with Gasteiger partial charge < -0.3 is 14.4 Å². The molecule has 2 aromatic rings. The normalized spacial score (nSPS) is 15.1. The molecule has 0 unspecified atom stereocenters. The Morgan fingerprint density at radius 2 is 2.19 bits per heavy atom. The maximum Gasteiger partial charge on any atom is 0.289 e. The van der Waals surface area contributed by atoms with Crippen molar-refractivity contribution in [2.75, 3.05) is 13.2 Å². The van der Waals surface area contributed by atoms with Gasteiger partial charge in [-0.05, 0) is 50.8 Å². The summed E-state index contributed by atoms with van der Waals surface area (Å²) in [6.45, 7) is 2.72. The van der Waals surface area contributed by atoms with E-state index in [1.165, 1.54) is 6.42 Å². The van der Waals surface area contributed by atoms with Gasteiger partial charge in [0.15, 0.2) is 5.76 Å². The predicted molar refractivity (Wildman–Crippen MR) is 81.3 cm³/mol. The average molecular weight is 287 g/mol. The fourth-order valence-corrected chi connectivity index (χ4v) is 2.80. The molecule has 1 N–H and O–H groups in total. The molecular formula is C17H21NO3. The first-order chi connectivity index (χ1) is 10.2. The summed E-state index contributed by atoms with van der Waals surface area (Å²) in [7, 11) is 0. The molecule has 112 valence electrons. The summed E-state index contributed by atoms with van der Waals surface area (Å²) >= 11 is 0. The van der Waals surface area contributed by atoms with Gasteiger partial charge in [0, 0.05) is 24.6 Å². The lowest BCUT2D eigenvalue weighted by Crippen LogP contribution is -2.44. The molecule has 1 aliphatic carbocycles. The van der Waals surface area contributed by atoms with Crippen molar-refractivity contribution in [3.8, 4) is 0 Å². The Bertz CT molecular complexity index is 643. The van der Waals surface area contributed by atoms with E-state index in [1.807, 2.05) is 36.1 Å². The summed E-state index contributed by atoms with van der Waals surface area (Å²) in [6, 6.07) is 8.05. The summed E-state index contributed by atoms with van der Waals surface area (Å²) in [4.78, 5) is 14.6. The summed E-state index contributed by atoms with van der Waals surface area (Å²) < 4.78 is 5.71. The number of aliphatic hydroxyl groups excluding tert-OH is 1. The smallest absolute Gasteiger partial charge is 0.289 e. The molecule has 1 aromatic heterocycles. The second kappa shape index (κ2) is 5.90. The van der Waals surface area contributed by atoms with Crippen molar-refractivity contribution in [3.63, 3.8) is 0 Å². The third kappa shape index (κ3) is 2.81. The molecular weight excluding hydrogens is 266 g/mol. The summed E-state index contributed by atoms with van der Waals surface area (Å²) in [6.07, 6.45) is 3.89. The first-order valence-electron chi connectivity index (χ1n) is 7.61. The number of aryl methyl sites for hydroxylation is 1. The van der Waals surface area contributed by atoms with Gasteiger partial charge in [0.05, 0.1) is 0 Å². The van der Waals surface area contributed by atoms with Crippen molar-refractivity contribution >= 4 is 16.9 Å². The Labute approximate surface area is 124 Å². The van der Waals surface area contributed by atoms with Crippen molar-refractivity contribution in [3.05, 3.63) is 35.6 Å². The third-order valence-corrected chi connectivity index (χ3v) is 4.22. The predicted octanol–water partition coefficient (Wildman–Crippen LogP) is 3.12. The van der Waals surface area contributed by atoms with E-state index in [0.717, 1.165) is 29.4 Å². The first-order valence-corrected chi connectivity index (χ1v) is 7.61. The van der Waals surface area contributed by atoms with Crippen LogP contribution in [0, 0.1) is 6.92 Å². The van der Waals surface area contributed by atoms with Crippen LogP contribution in [0.15, 0.2) is 28.7 Å². The number of hydrogen-bond acceptors (Lipinski definition) is 3. The summed E-state index contributed by atoms with van der Waals surface area (Å²) in [5.74, 6) is 0.349. The highest BCUT2D eigenvalue weighted by atomic mass is 16.3. The highest BCUT2D eigenvalue weighted by Gasteiger charge is 2.30. The molecule has 0 aliphatic heterocycles. The van der Waals surface area contributed by atoms with E-state index in [-0.39, 0.29) is 12.5 Å². The van der Waals surface area contributed by atoms with Crippen molar-refractivity contribution in [1.29, 1.82) is 0 Å². The van der Waals surface area contributed by atoms with Crippen molar-refractivity contribution in [2.45, 2.75) is 38.6 Å². The maximum atomic E-state index is 12.7. The monoisotopic (exact) mass is 287 g/mol. The fraction of sp³-hybridized carbons (Fsp3) is 0.471. The number of nitrogens with zero attached hydrogens (tertiary/aromatic N) is 1. The largest absolute Gasteiger partial charge is 0.451 e. The van der Waals surface area contributed by atoms with Crippen LogP contribution in [0.2, 0.25) is 0 Å². The topological polar surface area (TPSA) is 53.7 Å². The molecule has 0 saturated heterocycles. The van der Waals surface area contributed by atoms with Crippen LogP contribution in [0.1, 0.15) is 41.8 Å². The number of aliphatic hydroxyl groups is 1. The number of rotatable bonds is 5. The Balaban J connectivity index is 1.85. The van der Waals surface area contributed by atoms with Crippen molar-refractivity contribution in [2.24, 2.45) is 0 Å². The second-order valence-corrected chi connectivity index (χ2v) is 5.81. The molecule has 4 heteroatoms. The molecule has 1 heterocycles. The number of furan rings is 1. The zero-order chi connectivity index (χ0) is 14.8. The quantitative estimate of drug-likeness (QED) is 0.919. The SMILES string of the molecule is Cc1ccc2oc(C(=O)N(CCCO)C3CCC3)cc2c1. The number of hydrogen-bond donors (Lipinski definition) is 1. The standard InChI is InChI=1S/C17H21NO3/c1-12-6-7-15-13(10-12)11-16(21-15)17(20)18(8-3-9-19)14-4-2-5-14/h6-7,10-11,14,19H,2-5,8-9H2,1H3. The van der Waals surface area contributed by atoms with Gasteiger partial charge in [-0.15, -0.1) is 0 Å². The van der Waals surface area contributed by atoms with Crippen molar-refractivity contribution in [1.82, 2.24) is 4.90 Å². The molecule has 1 fully saturated rings. The Kier molecular flexibility index (Phi) is 3.97. The molecule has 3 rings (SSSR count). The van der Waals surface area contributed by atoms with E-state index in [9.17, 15) is 4.79 Å². The molecule has 0 spiro atoms. The van der Waals surface area contributed by atoms with E-state index >= 15 is 0 Å². The summed E-state index contributed by atoms with van der Waals surface area (Å²) in [5.41, 5.74) is 1.90. The van der Waals surface area contributed by atoms with Gasteiger partial charge in [0.2, 0.25) is 0 Å². The molecule has 1 aliphatic rings. The molecule has 21 heavy (non-hydrogen) atoms. The molecule has 1 aromatic carbocycles. The zero-order valence-electron chi connectivity index (χ0n) is 12.3. The Morgan fingerprint density at radius 3 is 2.86 bits per heavy atom. The molecule has 1 amide bonds. The van der Waals surface area contributed by atoms with Crippen molar-refractivity contribution < 1.29 is 14.3 Å².